The summed E-state index contributed by atoms with van der Waals surface area (Å²) < 4.78 is 7.79. The minimum absolute atomic E-state index is 0.499. The van der Waals surface area contributed by atoms with E-state index in [2.05, 4.69) is 33.3 Å². The summed E-state index contributed by atoms with van der Waals surface area (Å²) in [6.45, 7) is 4.98. The molecule has 1 aromatic rings. The fraction of sp³-hybridized carbons (Fsp3) is 0.800. The van der Waals surface area contributed by atoms with E-state index in [0.29, 0.717) is 24.2 Å². The molecule has 0 bridgehead atoms. The van der Waals surface area contributed by atoms with Gasteiger partial charge in [0.05, 0.1) is 19.5 Å². The van der Waals surface area contributed by atoms with Crippen LogP contribution in [0.5, 0.6) is 0 Å². The van der Waals surface area contributed by atoms with E-state index in [1.54, 1.807) is 0 Å². The van der Waals surface area contributed by atoms with Gasteiger partial charge in [-0.1, -0.05) is 0 Å². The molecule has 0 radical (unpaired) electrons. The van der Waals surface area contributed by atoms with Gasteiger partial charge in [-0.2, -0.15) is 0 Å². The summed E-state index contributed by atoms with van der Waals surface area (Å²) in [6, 6.07) is 2.15. The van der Waals surface area contributed by atoms with Crippen LogP contribution < -0.4 is 10.6 Å². The first-order valence-electron chi connectivity index (χ1n) is 7.87. The van der Waals surface area contributed by atoms with Gasteiger partial charge in [-0.3, -0.25) is 0 Å². The SMILES string of the molecule is CC(CC1COCCN1)NC1CCCC1n1ccnc1. The molecular formula is C15H26N4O. The second-order valence-corrected chi connectivity index (χ2v) is 6.14. The van der Waals surface area contributed by atoms with Crippen LogP contribution in [-0.4, -0.2) is 47.4 Å². The Morgan fingerprint density at radius 2 is 2.45 bits per heavy atom. The predicted molar refractivity (Wildman–Crippen MR) is 78.7 cm³/mol. The van der Waals surface area contributed by atoms with Crippen LogP contribution in [0.2, 0.25) is 0 Å². The zero-order chi connectivity index (χ0) is 13.8. The molecule has 2 heterocycles. The second-order valence-electron chi connectivity index (χ2n) is 6.14. The van der Waals surface area contributed by atoms with E-state index in [-0.39, 0.29) is 0 Å². The lowest BCUT2D eigenvalue weighted by Gasteiger charge is -2.30. The highest BCUT2D eigenvalue weighted by Gasteiger charge is 2.29. The molecule has 112 valence electrons. The highest BCUT2D eigenvalue weighted by molar-refractivity contribution is 4.93. The first-order valence-corrected chi connectivity index (χ1v) is 7.87. The van der Waals surface area contributed by atoms with Gasteiger partial charge in [0.15, 0.2) is 0 Å². The van der Waals surface area contributed by atoms with Crippen molar-refractivity contribution in [3.63, 3.8) is 0 Å². The Hall–Kier alpha value is -0.910. The van der Waals surface area contributed by atoms with Gasteiger partial charge in [0, 0.05) is 43.1 Å². The van der Waals surface area contributed by atoms with Crippen molar-refractivity contribution in [2.75, 3.05) is 19.8 Å². The molecule has 4 unspecified atom stereocenters. The fourth-order valence-corrected chi connectivity index (χ4v) is 3.59. The first-order chi connectivity index (χ1) is 9.83. The van der Waals surface area contributed by atoms with Crippen LogP contribution in [0.25, 0.3) is 0 Å². The van der Waals surface area contributed by atoms with Crippen molar-refractivity contribution < 1.29 is 4.74 Å². The van der Waals surface area contributed by atoms with E-state index in [4.69, 9.17) is 4.74 Å². The zero-order valence-corrected chi connectivity index (χ0v) is 12.3. The molecule has 0 aromatic carbocycles. The summed E-state index contributed by atoms with van der Waals surface area (Å²) in [5.74, 6) is 0. The molecule has 2 fully saturated rings. The number of hydrogen-bond acceptors (Lipinski definition) is 4. The molecule has 2 aliphatic rings. The van der Waals surface area contributed by atoms with Crippen LogP contribution in [-0.2, 0) is 4.74 Å². The summed E-state index contributed by atoms with van der Waals surface area (Å²) in [7, 11) is 0. The van der Waals surface area contributed by atoms with Crippen molar-refractivity contribution in [2.24, 2.45) is 0 Å². The molecular weight excluding hydrogens is 252 g/mol. The van der Waals surface area contributed by atoms with Crippen LogP contribution in [0.3, 0.4) is 0 Å². The largest absolute Gasteiger partial charge is 0.379 e. The maximum absolute atomic E-state index is 5.53. The van der Waals surface area contributed by atoms with Crippen LogP contribution >= 0.6 is 0 Å². The summed E-state index contributed by atoms with van der Waals surface area (Å²) in [5.41, 5.74) is 0. The Morgan fingerprint density at radius 3 is 3.20 bits per heavy atom. The molecule has 1 saturated carbocycles. The normalized spacial score (nSPS) is 32.4. The van der Waals surface area contributed by atoms with E-state index < -0.39 is 0 Å². The van der Waals surface area contributed by atoms with Crippen molar-refractivity contribution in [3.05, 3.63) is 18.7 Å². The highest BCUT2D eigenvalue weighted by Crippen LogP contribution is 2.30. The number of nitrogens with zero attached hydrogens (tertiary/aromatic N) is 2. The predicted octanol–water partition coefficient (Wildman–Crippen LogP) is 1.33. The van der Waals surface area contributed by atoms with Gasteiger partial charge in [-0.05, 0) is 32.6 Å². The highest BCUT2D eigenvalue weighted by atomic mass is 16.5. The lowest BCUT2D eigenvalue weighted by atomic mass is 10.1. The number of aromatic nitrogens is 2. The zero-order valence-electron chi connectivity index (χ0n) is 12.3. The van der Waals surface area contributed by atoms with Gasteiger partial charge in [-0.25, -0.2) is 4.98 Å². The molecule has 0 amide bonds. The Balaban J connectivity index is 1.51. The quantitative estimate of drug-likeness (QED) is 0.853. The van der Waals surface area contributed by atoms with Crippen LogP contribution in [0.1, 0.15) is 38.6 Å². The molecule has 1 saturated heterocycles. The van der Waals surface area contributed by atoms with Crippen molar-refractivity contribution in [1.82, 2.24) is 20.2 Å². The van der Waals surface area contributed by atoms with Gasteiger partial charge in [0.1, 0.15) is 0 Å². The van der Waals surface area contributed by atoms with E-state index in [9.17, 15) is 0 Å². The molecule has 1 aromatic heterocycles. The number of imidazole rings is 1. The Labute approximate surface area is 121 Å². The van der Waals surface area contributed by atoms with Gasteiger partial charge in [-0.15, -0.1) is 0 Å². The van der Waals surface area contributed by atoms with Crippen molar-refractivity contribution >= 4 is 0 Å². The van der Waals surface area contributed by atoms with Crippen molar-refractivity contribution in [2.45, 2.75) is 56.8 Å². The summed E-state index contributed by atoms with van der Waals surface area (Å²) in [6.07, 6.45) is 10.9. The fourth-order valence-electron chi connectivity index (χ4n) is 3.59. The van der Waals surface area contributed by atoms with Gasteiger partial charge in [0.2, 0.25) is 0 Å². The lowest BCUT2D eigenvalue weighted by molar-refractivity contribution is 0.0705. The Kier molecular flexibility index (Phi) is 4.70. The Bertz CT molecular complexity index is 389. The van der Waals surface area contributed by atoms with Crippen molar-refractivity contribution in [1.29, 1.82) is 0 Å². The molecule has 0 spiro atoms. The Morgan fingerprint density at radius 1 is 1.50 bits per heavy atom. The molecule has 1 aliphatic carbocycles. The number of morpholine rings is 1. The molecule has 1 aliphatic heterocycles. The minimum Gasteiger partial charge on any atom is -0.379 e. The maximum Gasteiger partial charge on any atom is 0.0949 e. The van der Waals surface area contributed by atoms with Crippen LogP contribution in [0, 0.1) is 0 Å². The van der Waals surface area contributed by atoms with E-state index >= 15 is 0 Å². The molecule has 20 heavy (non-hydrogen) atoms. The number of ether oxygens (including phenoxy) is 1. The third-order valence-corrected chi connectivity index (χ3v) is 4.52. The van der Waals surface area contributed by atoms with E-state index in [1.165, 1.54) is 19.3 Å². The van der Waals surface area contributed by atoms with Crippen molar-refractivity contribution in [3.8, 4) is 0 Å². The molecule has 5 nitrogen and oxygen atoms in total. The standard InChI is InChI=1S/C15H26N4O/c1-12(9-13-10-20-8-6-17-13)18-14-3-2-4-15(14)19-7-5-16-11-19/h5,7,11-15,17-18H,2-4,6,8-10H2,1H3. The average Bonchev–Trinajstić information content (AvgIpc) is 3.10. The average molecular weight is 278 g/mol. The number of hydrogen-bond donors (Lipinski definition) is 2. The third-order valence-electron chi connectivity index (χ3n) is 4.52. The molecule has 4 atom stereocenters. The monoisotopic (exact) mass is 278 g/mol. The van der Waals surface area contributed by atoms with E-state index in [0.717, 1.165) is 26.2 Å². The van der Waals surface area contributed by atoms with Gasteiger partial charge < -0.3 is 19.9 Å². The molecule has 3 rings (SSSR count). The molecule has 2 N–H and O–H groups in total. The number of nitrogens with one attached hydrogen (secondary N) is 2. The second kappa shape index (κ2) is 6.70. The smallest absolute Gasteiger partial charge is 0.0949 e. The number of rotatable bonds is 5. The van der Waals surface area contributed by atoms with E-state index in [1.807, 2.05) is 12.5 Å². The summed E-state index contributed by atoms with van der Waals surface area (Å²) in [4.78, 5) is 4.18. The third kappa shape index (κ3) is 3.40. The van der Waals surface area contributed by atoms with Crippen LogP contribution in [0.4, 0.5) is 0 Å². The topological polar surface area (TPSA) is 51.1 Å². The van der Waals surface area contributed by atoms with Crippen LogP contribution in [0.15, 0.2) is 18.7 Å². The van der Waals surface area contributed by atoms with Gasteiger partial charge in [0.25, 0.3) is 0 Å². The maximum atomic E-state index is 5.53. The summed E-state index contributed by atoms with van der Waals surface area (Å²) in [5, 5.41) is 7.35. The van der Waals surface area contributed by atoms with Gasteiger partial charge >= 0.3 is 0 Å². The molecule has 5 heteroatoms. The lowest BCUT2D eigenvalue weighted by Crippen LogP contribution is -2.47. The first kappa shape index (κ1) is 14.0. The summed E-state index contributed by atoms with van der Waals surface area (Å²) >= 11 is 0. The minimum atomic E-state index is 0.499.